The minimum absolute atomic E-state index is 0.0770. The van der Waals surface area contributed by atoms with Crippen LogP contribution >= 0.6 is 0 Å². The molecule has 0 N–H and O–H groups in total. The van der Waals surface area contributed by atoms with Crippen LogP contribution in [0.25, 0.3) is 0 Å². The third-order valence-corrected chi connectivity index (χ3v) is 5.52. The molecule has 0 aromatic heterocycles. The highest BCUT2D eigenvalue weighted by Gasteiger charge is 2.08. The highest BCUT2D eigenvalue weighted by molar-refractivity contribution is 5.69. The Balaban J connectivity index is 3.78. The van der Waals surface area contributed by atoms with Gasteiger partial charge in [0.2, 0.25) is 0 Å². The maximum atomic E-state index is 11.5. The third-order valence-electron chi connectivity index (χ3n) is 5.52. The zero-order chi connectivity index (χ0) is 20.0. The van der Waals surface area contributed by atoms with Crippen molar-refractivity contribution < 1.29 is 9.53 Å². The van der Waals surface area contributed by atoms with Crippen molar-refractivity contribution in [2.45, 2.75) is 123 Å². The highest BCUT2D eigenvalue weighted by Crippen LogP contribution is 2.11. The number of carbonyl (C=O) groups excluding carboxylic acids is 1. The van der Waals surface area contributed by atoms with E-state index in [4.69, 9.17) is 4.74 Å². The van der Waals surface area contributed by atoms with Gasteiger partial charge in [0, 0.05) is 6.54 Å². The van der Waals surface area contributed by atoms with E-state index in [1.807, 2.05) is 0 Å². The van der Waals surface area contributed by atoms with E-state index >= 15 is 0 Å². The Hall–Kier alpha value is -0.570. The molecule has 0 rings (SSSR count). The van der Waals surface area contributed by atoms with Crippen molar-refractivity contribution in [3.05, 3.63) is 0 Å². The van der Waals surface area contributed by atoms with Crippen LogP contribution in [-0.2, 0) is 9.53 Å². The molecule has 0 spiro atoms. The Kier molecular flexibility index (Phi) is 21.3. The lowest BCUT2D eigenvalue weighted by Crippen LogP contribution is -2.29. The molecular weight excluding hydrogens is 334 g/mol. The maximum Gasteiger partial charge on any atom is 0.306 e. The summed E-state index contributed by atoms with van der Waals surface area (Å²) in [6.07, 6.45) is 22.3. The van der Waals surface area contributed by atoms with E-state index in [2.05, 4.69) is 18.7 Å². The second kappa shape index (κ2) is 21.7. The molecule has 0 heterocycles. The van der Waals surface area contributed by atoms with Crippen LogP contribution in [0.1, 0.15) is 123 Å². The SMILES string of the molecule is CCCCCCCCCCN(CCCCCCCCCC)CCC(=O)OC. The molecule has 3 nitrogen and oxygen atoms in total. The van der Waals surface area contributed by atoms with Gasteiger partial charge < -0.3 is 9.64 Å². The van der Waals surface area contributed by atoms with Crippen molar-refractivity contribution in [3.63, 3.8) is 0 Å². The Bertz CT molecular complexity index is 287. The largest absolute Gasteiger partial charge is 0.469 e. The first-order valence-corrected chi connectivity index (χ1v) is 12.0. The lowest BCUT2D eigenvalue weighted by Gasteiger charge is -2.21. The monoisotopic (exact) mass is 383 g/mol. The van der Waals surface area contributed by atoms with Gasteiger partial charge in [0.1, 0.15) is 0 Å². The van der Waals surface area contributed by atoms with Crippen molar-refractivity contribution in [2.75, 3.05) is 26.7 Å². The van der Waals surface area contributed by atoms with Crippen LogP contribution in [0, 0.1) is 0 Å². The molecule has 162 valence electrons. The summed E-state index contributed by atoms with van der Waals surface area (Å²) >= 11 is 0. The van der Waals surface area contributed by atoms with Gasteiger partial charge in [-0.15, -0.1) is 0 Å². The van der Waals surface area contributed by atoms with E-state index in [1.165, 1.54) is 110 Å². The molecule has 0 saturated carbocycles. The van der Waals surface area contributed by atoms with E-state index in [0.717, 1.165) is 19.6 Å². The van der Waals surface area contributed by atoms with Crippen LogP contribution in [-0.4, -0.2) is 37.6 Å². The highest BCUT2D eigenvalue weighted by atomic mass is 16.5. The van der Waals surface area contributed by atoms with Gasteiger partial charge in [-0.05, 0) is 25.9 Å². The molecule has 0 fully saturated rings. The number of nitrogens with zero attached hydrogens (tertiary/aromatic N) is 1. The minimum atomic E-state index is -0.0770. The summed E-state index contributed by atoms with van der Waals surface area (Å²) < 4.78 is 4.81. The normalized spacial score (nSPS) is 11.3. The van der Waals surface area contributed by atoms with Crippen molar-refractivity contribution >= 4 is 5.97 Å². The number of rotatable bonds is 21. The van der Waals surface area contributed by atoms with E-state index in [0.29, 0.717) is 6.42 Å². The first-order chi connectivity index (χ1) is 13.2. The summed E-state index contributed by atoms with van der Waals surface area (Å²) in [7, 11) is 1.49. The van der Waals surface area contributed by atoms with Gasteiger partial charge in [0.05, 0.1) is 13.5 Å². The molecular formula is C24H49NO2. The minimum Gasteiger partial charge on any atom is -0.469 e. The lowest BCUT2D eigenvalue weighted by atomic mass is 10.1. The fraction of sp³-hybridized carbons (Fsp3) is 0.958. The van der Waals surface area contributed by atoms with Crippen LogP contribution in [0.15, 0.2) is 0 Å². The Labute approximate surface area is 170 Å². The quantitative estimate of drug-likeness (QED) is 0.156. The summed E-state index contributed by atoms with van der Waals surface area (Å²) in [6.45, 7) is 7.69. The number of carbonyl (C=O) groups is 1. The fourth-order valence-electron chi connectivity index (χ4n) is 3.63. The van der Waals surface area contributed by atoms with Gasteiger partial charge in [-0.2, -0.15) is 0 Å². The Morgan fingerprint density at radius 2 is 0.963 bits per heavy atom. The van der Waals surface area contributed by atoms with Gasteiger partial charge in [-0.3, -0.25) is 4.79 Å². The Morgan fingerprint density at radius 3 is 1.33 bits per heavy atom. The molecule has 0 saturated heterocycles. The van der Waals surface area contributed by atoms with Gasteiger partial charge in [0.25, 0.3) is 0 Å². The molecule has 3 heteroatoms. The van der Waals surface area contributed by atoms with Gasteiger partial charge >= 0.3 is 5.97 Å². The number of esters is 1. The molecule has 0 atom stereocenters. The van der Waals surface area contributed by atoms with Crippen molar-refractivity contribution in [1.82, 2.24) is 4.90 Å². The summed E-state index contributed by atoms with van der Waals surface area (Å²) in [6, 6.07) is 0. The first-order valence-electron chi connectivity index (χ1n) is 12.0. The molecule has 0 aromatic rings. The molecule has 0 aliphatic rings. The average Bonchev–Trinajstić information content (AvgIpc) is 2.69. The van der Waals surface area contributed by atoms with E-state index in [1.54, 1.807) is 0 Å². The summed E-state index contributed by atoms with van der Waals surface area (Å²) in [4.78, 5) is 14.0. The molecule has 27 heavy (non-hydrogen) atoms. The van der Waals surface area contributed by atoms with Crippen LogP contribution < -0.4 is 0 Å². The Morgan fingerprint density at radius 1 is 0.593 bits per heavy atom. The van der Waals surface area contributed by atoms with E-state index in [9.17, 15) is 4.79 Å². The number of methoxy groups -OCH3 is 1. The van der Waals surface area contributed by atoms with Gasteiger partial charge in [-0.25, -0.2) is 0 Å². The molecule has 0 aliphatic heterocycles. The second-order valence-electron chi connectivity index (χ2n) is 8.12. The molecule has 0 amide bonds. The smallest absolute Gasteiger partial charge is 0.306 e. The number of hydrogen-bond acceptors (Lipinski definition) is 3. The lowest BCUT2D eigenvalue weighted by molar-refractivity contribution is -0.141. The van der Waals surface area contributed by atoms with Crippen molar-refractivity contribution in [3.8, 4) is 0 Å². The third kappa shape index (κ3) is 20.0. The number of hydrogen-bond donors (Lipinski definition) is 0. The summed E-state index contributed by atoms with van der Waals surface area (Å²) in [5.74, 6) is -0.0770. The predicted octanol–water partition coefficient (Wildman–Crippen LogP) is 7.13. The molecule has 0 aliphatic carbocycles. The standard InChI is InChI=1S/C24H49NO2/c1-4-6-8-10-12-14-16-18-21-25(23-20-24(26)27-3)22-19-17-15-13-11-9-7-5-2/h4-23H2,1-3H3. The zero-order valence-corrected chi connectivity index (χ0v) is 18.9. The molecule has 0 unspecified atom stereocenters. The average molecular weight is 384 g/mol. The van der Waals surface area contributed by atoms with Crippen LogP contribution in [0.2, 0.25) is 0 Å². The molecule has 0 bridgehead atoms. The van der Waals surface area contributed by atoms with Crippen LogP contribution in [0.5, 0.6) is 0 Å². The number of ether oxygens (including phenoxy) is 1. The van der Waals surface area contributed by atoms with Crippen molar-refractivity contribution in [1.29, 1.82) is 0 Å². The maximum absolute atomic E-state index is 11.5. The van der Waals surface area contributed by atoms with E-state index < -0.39 is 0 Å². The zero-order valence-electron chi connectivity index (χ0n) is 18.9. The summed E-state index contributed by atoms with van der Waals surface area (Å²) in [5.41, 5.74) is 0. The van der Waals surface area contributed by atoms with Crippen molar-refractivity contribution in [2.24, 2.45) is 0 Å². The van der Waals surface area contributed by atoms with Crippen LogP contribution in [0.3, 0.4) is 0 Å². The van der Waals surface area contributed by atoms with Gasteiger partial charge in [0.15, 0.2) is 0 Å². The second-order valence-corrected chi connectivity index (χ2v) is 8.12. The van der Waals surface area contributed by atoms with E-state index in [-0.39, 0.29) is 5.97 Å². The first kappa shape index (κ1) is 26.4. The molecule has 0 aromatic carbocycles. The van der Waals surface area contributed by atoms with Crippen LogP contribution in [0.4, 0.5) is 0 Å². The van der Waals surface area contributed by atoms with Gasteiger partial charge in [-0.1, -0.05) is 104 Å². The fourth-order valence-corrected chi connectivity index (χ4v) is 3.63. The molecule has 0 radical (unpaired) electrons. The predicted molar refractivity (Wildman–Crippen MR) is 118 cm³/mol. The summed E-state index contributed by atoms with van der Waals surface area (Å²) in [5, 5.41) is 0. The topological polar surface area (TPSA) is 29.5 Å². The number of unbranched alkanes of at least 4 members (excludes halogenated alkanes) is 14.